The largest absolute Gasteiger partial charge is 3.00 e. The van der Waals surface area contributed by atoms with Gasteiger partial charge in [-0.25, -0.2) is 42.1 Å². The molecule has 0 rings (SSSR count). The zero-order valence-electron chi connectivity index (χ0n) is 11.3. The van der Waals surface area contributed by atoms with Gasteiger partial charge in [0, 0.05) is 53.4 Å². The standard InChI is InChI=1S/Al.Ca.5ClHO3S/c;;5*1-5(2,3)4/h;;5*(H,2,3,4)/q+3;+2;;;;;/p-5. The van der Waals surface area contributed by atoms with E-state index in [1.165, 1.54) is 0 Å². The molecule has 0 radical (unpaired) electrons. The molecular formula is AlCaCl5O15S5. The monoisotopic (exact) mass is 642 g/mol. The van der Waals surface area contributed by atoms with Crippen LogP contribution >= 0.6 is 53.4 Å². The molecule has 0 heterocycles. The van der Waals surface area contributed by atoms with Gasteiger partial charge in [-0.05, 0) is 0 Å². The van der Waals surface area contributed by atoms with Crippen molar-refractivity contribution >= 4 is 155 Å². The van der Waals surface area contributed by atoms with Crippen molar-refractivity contribution in [2.24, 2.45) is 0 Å². The van der Waals surface area contributed by atoms with Gasteiger partial charge in [0.15, 0.2) is 46.7 Å². The predicted octanol–water partition coefficient (Wildman–Crippen LogP) is -2.33. The van der Waals surface area contributed by atoms with Crippen LogP contribution in [0.1, 0.15) is 0 Å². The Morgan fingerprint density at radius 1 is 0.370 bits per heavy atom. The average Bonchev–Trinajstić information content (AvgIpc) is 1.79. The van der Waals surface area contributed by atoms with Crippen molar-refractivity contribution in [3.05, 3.63) is 0 Å². The normalized spacial score (nSPS) is 10.7. The second-order valence-electron chi connectivity index (χ2n) is 1.97. The minimum Gasteiger partial charge on any atom is -0.735 e. The first-order valence-corrected chi connectivity index (χ1v) is 14.4. The van der Waals surface area contributed by atoms with Gasteiger partial charge in [-0.1, -0.05) is 0 Å². The molecular weight excluding hydrogens is 645 g/mol. The summed E-state index contributed by atoms with van der Waals surface area (Å²) in [5.74, 6) is 0. The Bertz CT molecular complexity index is 637. The van der Waals surface area contributed by atoms with Gasteiger partial charge < -0.3 is 22.8 Å². The van der Waals surface area contributed by atoms with E-state index in [1.807, 2.05) is 0 Å². The van der Waals surface area contributed by atoms with Gasteiger partial charge in [0.25, 0.3) is 0 Å². The van der Waals surface area contributed by atoms with Crippen molar-refractivity contribution in [3.63, 3.8) is 0 Å². The van der Waals surface area contributed by atoms with E-state index in [1.54, 1.807) is 0 Å². The van der Waals surface area contributed by atoms with Gasteiger partial charge in [-0.2, -0.15) is 0 Å². The summed E-state index contributed by atoms with van der Waals surface area (Å²) in [7, 11) is -2.49. The SMILES string of the molecule is O=S(=O)([O-])Cl.O=S(=O)([O-])Cl.O=S(=O)([O-])Cl.O=S(=O)([O-])Cl.O=S(=O)([O-])Cl.[Al+3].[Ca+2]. The van der Waals surface area contributed by atoms with Crippen LogP contribution in [-0.2, 0) is 46.7 Å². The fourth-order valence-corrected chi connectivity index (χ4v) is 0. The zero-order chi connectivity index (χ0) is 22.5. The fourth-order valence-electron chi connectivity index (χ4n) is 0. The summed E-state index contributed by atoms with van der Waals surface area (Å²) in [5.41, 5.74) is 0. The summed E-state index contributed by atoms with van der Waals surface area (Å²) in [6, 6.07) is 0. The van der Waals surface area contributed by atoms with Gasteiger partial charge in [0.2, 0.25) is 0 Å². The fraction of sp³-hybridized carbons (Fsp3) is 0. The molecule has 0 amide bonds. The number of hydrogen-bond acceptors (Lipinski definition) is 15. The van der Waals surface area contributed by atoms with E-state index in [2.05, 4.69) is 53.4 Å². The van der Waals surface area contributed by atoms with Crippen molar-refractivity contribution in [2.75, 3.05) is 0 Å². The van der Waals surface area contributed by atoms with Crippen LogP contribution < -0.4 is 0 Å². The molecule has 27 heteroatoms. The van der Waals surface area contributed by atoms with Gasteiger partial charge in [-0.15, -0.1) is 0 Å². The minimum absolute atomic E-state index is 0. The maximum atomic E-state index is 8.84. The van der Waals surface area contributed by atoms with Crippen LogP contribution in [0.5, 0.6) is 0 Å². The molecule has 0 aromatic rings. The topological polar surface area (TPSA) is 286 Å². The van der Waals surface area contributed by atoms with Crippen LogP contribution in [0.4, 0.5) is 0 Å². The summed E-state index contributed by atoms with van der Waals surface area (Å²) >= 11 is 0. The Morgan fingerprint density at radius 3 is 0.370 bits per heavy atom. The maximum Gasteiger partial charge on any atom is 3.00 e. The summed E-state index contributed by atoms with van der Waals surface area (Å²) in [4.78, 5) is 0. The van der Waals surface area contributed by atoms with Crippen LogP contribution in [0, 0.1) is 0 Å². The van der Waals surface area contributed by atoms with E-state index in [0.29, 0.717) is 0 Å². The third-order valence-electron chi connectivity index (χ3n) is 0. The Hall–Kier alpha value is 2.79. The second kappa shape index (κ2) is 20.7. The molecule has 0 spiro atoms. The van der Waals surface area contributed by atoms with Crippen LogP contribution in [0.2, 0.25) is 0 Å². The van der Waals surface area contributed by atoms with Crippen molar-refractivity contribution < 1.29 is 64.9 Å². The molecule has 0 saturated heterocycles. The Kier molecular flexibility index (Phi) is 36.4. The van der Waals surface area contributed by atoms with Crippen molar-refractivity contribution in [1.82, 2.24) is 0 Å². The predicted molar refractivity (Wildman–Crippen MR) is 89.3 cm³/mol. The molecule has 0 aliphatic heterocycles. The smallest absolute Gasteiger partial charge is 0.735 e. The minimum atomic E-state index is -4.44. The Balaban J connectivity index is -0.0000000364. The van der Waals surface area contributed by atoms with Crippen molar-refractivity contribution in [1.29, 1.82) is 0 Å². The molecule has 0 unspecified atom stereocenters. The average molecular weight is 645 g/mol. The van der Waals surface area contributed by atoms with Crippen LogP contribution in [0.15, 0.2) is 0 Å². The molecule has 0 aliphatic carbocycles. The number of hydrogen-bond donors (Lipinski definition) is 0. The molecule has 0 bridgehead atoms. The summed E-state index contributed by atoms with van der Waals surface area (Å²) < 4.78 is 133. The second-order valence-corrected chi connectivity index (χ2v) is 11.6. The van der Waals surface area contributed by atoms with Gasteiger partial charge in [0.1, 0.15) is 0 Å². The molecule has 0 atom stereocenters. The van der Waals surface area contributed by atoms with Crippen LogP contribution in [-0.4, -0.2) is 120 Å². The third kappa shape index (κ3) is 2650. The molecule has 0 N–H and O–H groups in total. The molecule has 0 saturated carbocycles. The van der Waals surface area contributed by atoms with E-state index >= 15 is 0 Å². The molecule has 0 aliphatic rings. The first kappa shape index (κ1) is 47.5. The first-order valence-electron chi connectivity index (χ1n) is 3.27. The molecule has 27 heavy (non-hydrogen) atoms. The molecule has 160 valence electrons. The van der Waals surface area contributed by atoms with E-state index < -0.39 is 46.7 Å². The summed E-state index contributed by atoms with van der Waals surface area (Å²) in [5, 5.41) is 0. The van der Waals surface area contributed by atoms with Gasteiger partial charge in [0.05, 0.1) is 0 Å². The Labute approximate surface area is 217 Å². The van der Waals surface area contributed by atoms with Gasteiger partial charge >= 0.3 is 55.1 Å². The van der Waals surface area contributed by atoms with E-state index in [-0.39, 0.29) is 55.1 Å². The molecule has 15 nitrogen and oxygen atoms in total. The third-order valence-corrected chi connectivity index (χ3v) is 0. The van der Waals surface area contributed by atoms with Gasteiger partial charge in [-0.3, -0.25) is 0 Å². The van der Waals surface area contributed by atoms with E-state index in [9.17, 15) is 0 Å². The number of rotatable bonds is 0. The first-order chi connectivity index (χ1) is 10.0. The van der Waals surface area contributed by atoms with E-state index in [0.717, 1.165) is 0 Å². The summed E-state index contributed by atoms with van der Waals surface area (Å²) in [6.45, 7) is 0. The van der Waals surface area contributed by atoms with E-state index in [4.69, 9.17) is 64.9 Å². The quantitative estimate of drug-likeness (QED) is 0.152. The van der Waals surface area contributed by atoms with Crippen LogP contribution in [0.3, 0.4) is 0 Å². The molecule has 0 fully saturated rings. The zero-order valence-corrected chi connectivity index (χ0v) is 22.6. The number of halogens is 5. The summed E-state index contributed by atoms with van der Waals surface area (Å²) in [6.07, 6.45) is 0. The van der Waals surface area contributed by atoms with Crippen molar-refractivity contribution in [2.45, 2.75) is 0 Å². The molecule has 0 aromatic carbocycles. The van der Waals surface area contributed by atoms with Crippen molar-refractivity contribution in [3.8, 4) is 0 Å². The Morgan fingerprint density at radius 2 is 0.370 bits per heavy atom. The molecule has 0 aromatic heterocycles. The van der Waals surface area contributed by atoms with Crippen LogP contribution in [0.25, 0.3) is 0 Å². The maximum absolute atomic E-state index is 8.84.